The van der Waals surface area contributed by atoms with Gasteiger partial charge in [-0.25, -0.2) is 4.98 Å². The van der Waals surface area contributed by atoms with Gasteiger partial charge in [-0.1, -0.05) is 24.3 Å². The number of aromatic amines is 1. The second-order valence-electron chi connectivity index (χ2n) is 7.36. The minimum Gasteiger partial charge on any atom is -0.355 e. The molecule has 0 atom stereocenters. The Morgan fingerprint density at radius 1 is 0.935 bits per heavy atom. The molecular weight excluding hydrogens is 404 g/mol. The number of H-pyrrole nitrogens is 1. The van der Waals surface area contributed by atoms with Gasteiger partial charge < -0.3 is 10.3 Å². The fourth-order valence-corrected chi connectivity index (χ4v) is 4.69. The number of benzene rings is 2. The van der Waals surface area contributed by atoms with E-state index in [4.69, 9.17) is 4.98 Å². The quantitative estimate of drug-likeness (QED) is 0.360. The topological polar surface area (TPSA) is 70.7 Å². The Kier molecular flexibility index (Phi) is 4.04. The summed E-state index contributed by atoms with van der Waals surface area (Å²) in [5, 5.41) is 7.07. The van der Waals surface area contributed by atoms with E-state index in [1.807, 2.05) is 60.0 Å². The summed E-state index contributed by atoms with van der Waals surface area (Å²) in [6, 6.07) is 20.0. The van der Waals surface area contributed by atoms with Crippen molar-refractivity contribution in [1.29, 1.82) is 0 Å². The van der Waals surface area contributed by atoms with Crippen LogP contribution in [0, 0.1) is 0 Å². The average Bonchev–Trinajstić information content (AvgIpc) is 3.52. The van der Waals surface area contributed by atoms with Crippen molar-refractivity contribution in [2.45, 2.75) is 0 Å². The largest absolute Gasteiger partial charge is 0.355 e. The molecule has 5 aromatic rings. The van der Waals surface area contributed by atoms with Crippen LogP contribution >= 0.6 is 11.3 Å². The molecule has 1 aliphatic rings. The highest BCUT2D eigenvalue weighted by molar-refractivity contribution is 7.13. The molecule has 4 heterocycles. The van der Waals surface area contributed by atoms with Gasteiger partial charge in [0.2, 0.25) is 0 Å². The van der Waals surface area contributed by atoms with Crippen LogP contribution in [0.1, 0.15) is 11.3 Å². The molecular formula is C25H16N4OS. The predicted molar refractivity (Wildman–Crippen MR) is 126 cm³/mol. The van der Waals surface area contributed by atoms with Crippen LogP contribution in [0.4, 0.5) is 5.69 Å². The zero-order valence-corrected chi connectivity index (χ0v) is 17.1. The van der Waals surface area contributed by atoms with Crippen LogP contribution in [0.5, 0.6) is 0 Å². The molecule has 6 heteroatoms. The van der Waals surface area contributed by atoms with Crippen molar-refractivity contribution < 1.29 is 4.79 Å². The number of carbonyl (C=O) groups is 1. The molecule has 6 rings (SSSR count). The van der Waals surface area contributed by atoms with Gasteiger partial charge >= 0.3 is 0 Å². The van der Waals surface area contributed by atoms with Crippen molar-refractivity contribution in [2.75, 3.05) is 5.32 Å². The van der Waals surface area contributed by atoms with E-state index in [2.05, 4.69) is 27.4 Å². The minimum absolute atomic E-state index is 0.0958. The first-order valence-corrected chi connectivity index (χ1v) is 10.7. The first-order valence-electron chi connectivity index (χ1n) is 9.86. The molecule has 2 aromatic carbocycles. The monoisotopic (exact) mass is 420 g/mol. The molecule has 1 aliphatic heterocycles. The molecule has 0 fully saturated rings. The van der Waals surface area contributed by atoms with Gasteiger partial charge in [0.05, 0.1) is 11.3 Å². The van der Waals surface area contributed by atoms with Crippen LogP contribution < -0.4 is 5.32 Å². The van der Waals surface area contributed by atoms with Crippen LogP contribution in [-0.2, 0) is 4.79 Å². The highest BCUT2D eigenvalue weighted by atomic mass is 32.1. The number of pyridine rings is 1. The molecule has 148 valence electrons. The molecule has 0 spiro atoms. The Bertz CT molecular complexity index is 1450. The zero-order chi connectivity index (χ0) is 20.8. The molecule has 0 saturated carbocycles. The lowest BCUT2D eigenvalue weighted by Gasteiger charge is -2.02. The lowest BCUT2D eigenvalue weighted by molar-refractivity contribution is -0.110. The van der Waals surface area contributed by atoms with E-state index in [-0.39, 0.29) is 5.91 Å². The van der Waals surface area contributed by atoms with Crippen molar-refractivity contribution in [1.82, 2.24) is 15.0 Å². The van der Waals surface area contributed by atoms with Crippen LogP contribution in [0.25, 0.3) is 44.4 Å². The third kappa shape index (κ3) is 3.14. The molecule has 31 heavy (non-hydrogen) atoms. The number of hydrogen-bond donors (Lipinski definition) is 2. The summed E-state index contributed by atoms with van der Waals surface area (Å²) in [6.45, 7) is 0. The number of para-hydroxylation sites is 1. The third-order valence-corrected chi connectivity index (χ3v) is 6.27. The lowest BCUT2D eigenvalue weighted by Crippen LogP contribution is -2.03. The summed E-state index contributed by atoms with van der Waals surface area (Å²) in [4.78, 5) is 24.9. The van der Waals surface area contributed by atoms with Crippen LogP contribution in [-0.4, -0.2) is 20.9 Å². The third-order valence-electron chi connectivity index (χ3n) is 5.38. The van der Waals surface area contributed by atoms with E-state index in [9.17, 15) is 4.79 Å². The second-order valence-corrected chi connectivity index (χ2v) is 8.22. The minimum atomic E-state index is -0.0958. The highest BCUT2D eigenvalue weighted by Gasteiger charge is 2.25. The molecule has 3 aromatic heterocycles. The standard InChI is InChI=1S/C25H16N4OS/c30-24-20(13-18-11-16-3-1-2-4-21(16)27-18)19-12-17(5-6-22(19)28-24)23-14-31-25(29-23)15-7-9-26-10-8-15/h1-14,27H,(H,28,30). The summed E-state index contributed by atoms with van der Waals surface area (Å²) in [5.74, 6) is -0.0958. The van der Waals surface area contributed by atoms with Crippen molar-refractivity contribution >= 4 is 45.5 Å². The maximum absolute atomic E-state index is 12.7. The summed E-state index contributed by atoms with van der Waals surface area (Å²) >= 11 is 1.60. The Balaban J connectivity index is 1.40. The van der Waals surface area contributed by atoms with E-state index in [1.165, 1.54) is 0 Å². The predicted octanol–water partition coefficient (Wildman–Crippen LogP) is 5.85. The maximum Gasteiger partial charge on any atom is 0.256 e. The number of thiazole rings is 1. The van der Waals surface area contributed by atoms with E-state index in [1.54, 1.807) is 23.7 Å². The molecule has 0 radical (unpaired) electrons. The maximum atomic E-state index is 12.7. The smallest absolute Gasteiger partial charge is 0.256 e. The van der Waals surface area contributed by atoms with Gasteiger partial charge in [-0.3, -0.25) is 9.78 Å². The Morgan fingerprint density at radius 3 is 2.68 bits per heavy atom. The van der Waals surface area contributed by atoms with Gasteiger partial charge in [-0.2, -0.15) is 0 Å². The first kappa shape index (κ1) is 17.8. The van der Waals surface area contributed by atoms with Gasteiger partial charge in [0.25, 0.3) is 5.91 Å². The van der Waals surface area contributed by atoms with E-state index in [0.717, 1.165) is 49.7 Å². The van der Waals surface area contributed by atoms with Gasteiger partial charge in [0.15, 0.2) is 0 Å². The summed E-state index contributed by atoms with van der Waals surface area (Å²) < 4.78 is 0. The number of rotatable bonds is 3. The van der Waals surface area contributed by atoms with Crippen LogP contribution in [0.15, 0.2) is 78.4 Å². The van der Waals surface area contributed by atoms with Crippen molar-refractivity contribution in [3.63, 3.8) is 0 Å². The Hall–Kier alpha value is -4.03. The number of anilines is 1. The molecule has 5 nitrogen and oxygen atoms in total. The average molecular weight is 420 g/mol. The SMILES string of the molecule is O=C1Nc2ccc(-c3csc(-c4ccncc4)n3)cc2C1=Cc1cc2ccccc2[nH]1. The first-order chi connectivity index (χ1) is 15.2. The van der Waals surface area contributed by atoms with E-state index >= 15 is 0 Å². The zero-order valence-electron chi connectivity index (χ0n) is 16.3. The summed E-state index contributed by atoms with van der Waals surface area (Å²) in [7, 11) is 0. The van der Waals surface area contributed by atoms with Gasteiger partial charge in [0.1, 0.15) is 5.01 Å². The van der Waals surface area contributed by atoms with Gasteiger partial charge in [0, 0.05) is 51.4 Å². The number of aromatic nitrogens is 3. The number of hydrogen-bond acceptors (Lipinski definition) is 4. The number of amides is 1. The van der Waals surface area contributed by atoms with E-state index in [0.29, 0.717) is 5.57 Å². The fraction of sp³-hybridized carbons (Fsp3) is 0. The Morgan fingerprint density at radius 2 is 1.81 bits per heavy atom. The number of nitrogens with one attached hydrogen (secondary N) is 2. The van der Waals surface area contributed by atoms with Crippen molar-refractivity contribution in [2.24, 2.45) is 0 Å². The van der Waals surface area contributed by atoms with E-state index < -0.39 is 0 Å². The van der Waals surface area contributed by atoms with Crippen molar-refractivity contribution in [3.8, 4) is 21.8 Å². The number of nitrogens with zero attached hydrogens (tertiary/aromatic N) is 2. The fourth-order valence-electron chi connectivity index (χ4n) is 3.85. The molecule has 0 saturated heterocycles. The number of fused-ring (bicyclic) bond motifs is 2. The molecule has 1 amide bonds. The lowest BCUT2D eigenvalue weighted by atomic mass is 10.0. The Labute approximate surface area is 182 Å². The summed E-state index contributed by atoms with van der Waals surface area (Å²) in [5.41, 5.74) is 7.22. The number of carbonyl (C=O) groups excluding carboxylic acids is 1. The van der Waals surface area contributed by atoms with Crippen LogP contribution in [0.3, 0.4) is 0 Å². The highest BCUT2D eigenvalue weighted by Crippen LogP contribution is 2.37. The molecule has 0 bridgehead atoms. The van der Waals surface area contributed by atoms with Gasteiger partial charge in [-0.05, 0) is 47.9 Å². The van der Waals surface area contributed by atoms with Gasteiger partial charge in [-0.15, -0.1) is 11.3 Å². The second kappa shape index (κ2) is 7.04. The summed E-state index contributed by atoms with van der Waals surface area (Å²) in [6.07, 6.45) is 5.45. The molecule has 0 unspecified atom stereocenters. The molecule has 0 aliphatic carbocycles. The molecule has 2 N–H and O–H groups in total. The van der Waals surface area contributed by atoms with Crippen molar-refractivity contribution in [3.05, 3.63) is 89.7 Å². The normalized spacial score (nSPS) is 14.2. The van der Waals surface area contributed by atoms with Crippen LogP contribution in [0.2, 0.25) is 0 Å².